The Balaban J connectivity index is 0.000000640. The van der Waals surface area contributed by atoms with Crippen molar-refractivity contribution in [1.29, 1.82) is 0 Å². The van der Waals surface area contributed by atoms with E-state index in [0.29, 0.717) is 11.0 Å². The molecule has 4 aliphatic rings. The molecule has 2 nitrogen and oxygen atoms in total. The van der Waals surface area contributed by atoms with Gasteiger partial charge in [0.05, 0.1) is 0 Å². The first-order valence-corrected chi connectivity index (χ1v) is 6.17. The normalized spacial score (nSPS) is 48.4. The van der Waals surface area contributed by atoms with Crippen LogP contribution in [0.25, 0.3) is 0 Å². The fraction of sp³-hybridized carbons (Fsp3) is 1.00. The van der Waals surface area contributed by atoms with Gasteiger partial charge in [0.2, 0.25) is 0 Å². The summed E-state index contributed by atoms with van der Waals surface area (Å²) in [6, 6.07) is 0. The lowest BCUT2D eigenvalue weighted by molar-refractivity contribution is -0.0834. The van der Waals surface area contributed by atoms with Crippen LogP contribution in [0.1, 0.15) is 51.9 Å². The lowest BCUT2D eigenvalue weighted by atomic mass is 9.46. The van der Waals surface area contributed by atoms with Gasteiger partial charge in [-0.1, -0.05) is 13.3 Å². The molecule has 96 valence electrons. The maximum absolute atomic E-state index is 5.79. The quantitative estimate of drug-likeness (QED) is 0.596. The van der Waals surface area contributed by atoms with E-state index >= 15 is 0 Å². The molecule has 3 N–H and O–H groups in total. The SMILES string of the molecule is CCC12CC3CC(C1)CC(NN)(C3)C2.Cl.Cl. The van der Waals surface area contributed by atoms with E-state index in [1.54, 1.807) is 0 Å². The van der Waals surface area contributed by atoms with Gasteiger partial charge in [-0.05, 0) is 55.8 Å². The fourth-order valence-electron chi connectivity index (χ4n) is 5.03. The van der Waals surface area contributed by atoms with Gasteiger partial charge in [-0.2, -0.15) is 0 Å². The zero-order valence-corrected chi connectivity index (χ0v) is 11.6. The Morgan fingerprint density at radius 2 is 1.69 bits per heavy atom. The Labute approximate surface area is 111 Å². The molecule has 4 saturated carbocycles. The van der Waals surface area contributed by atoms with Crippen LogP contribution in [0.5, 0.6) is 0 Å². The van der Waals surface area contributed by atoms with Crippen molar-refractivity contribution < 1.29 is 0 Å². The largest absolute Gasteiger partial charge is 0.271 e. The highest BCUT2D eigenvalue weighted by atomic mass is 35.5. The van der Waals surface area contributed by atoms with E-state index in [1.165, 1.54) is 44.9 Å². The molecule has 0 aromatic rings. The molecule has 4 heteroatoms. The van der Waals surface area contributed by atoms with Crippen LogP contribution in [0.3, 0.4) is 0 Å². The topological polar surface area (TPSA) is 38.0 Å². The second-order valence-electron chi connectivity index (χ2n) is 6.24. The number of rotatable bonds is 2. The summed E-state index contributed by atoms with van der Waals surface area (Å²) in [7, 11) is 0. The highest BCUT2D eigenvalue weighted by Gasteiger charge is 2.56. The van der Waals surface area contributed by atoms with Gasteiger partial charge < -0.3 is 0 Å². The third-order valence-corrected chi connectivity index (χ3v) is 5.24. The van der Waals surface area contributed by atoms with Gasteiger partial charge in [0.25, 0.3) is 0 Å². The van der Waals surface area contributed by atoms with E-state index in [0.717, 1.165) is 11.8 Å². The minimum atomic E-state index is 0. The van der Waals surface area contributed by atoms with Crippen molar-refractivity contribution in [3.05, 3.63) is 0 Å². The average Bonchev–Trinajstić information content (AvgIpc) is 2.16. The molecule has 0 aromatic heterocycles. The Hall–Kier alpha value is 0.500. The van der Waals surface area contributed by atoms with E-state index in [2.05, 4.69) is 12.3 Å². The predicted molar refractivity (Wildman–Crippen MR) is 72.0 cm³/mol. The van der Waals surface area contributed by atoms with Gasteiger partial charge in [0.1, 0.15) is 0 Å². The molecule has 4 aliphatic carbocycles. The van der Waals surface area contributed by atoms with Crippen LogP contribution in [0, 0.1) is 17.3 Å². The van der Waals surface area contributed by atoms with Gasteiger partial charge in [-0.3, -0.25) is 11.3 Å². The molecule has 0 radical (unpaired) electrons. The Bertz CT molecular complexity index is 221. The van der Waals surface area contributed by atoms with E-state index in [1.807, 2.05) is 0 Å². The van der Waals surface area contributed by atoms with Crippen molar-refractivity contribution in [3.8, 4) is 0 Å². The number of halogens is 2. The highest BCUT2D eigenvalue weighted by molar-refractivity contribution is 5.85. The fourth-order valence-corrected chi connectivity index (χ4v) is 5.03. The minimum absolute atomic E-state index is 0. The zero-order chi connectivity index (χ0) is 9.81. The summed E-state index contributed by atoms with van der Waals surface area (Å²) >= 11 is 0. The molecule has 0 heterocycles. The number of hydrazine groups is 1. The molecule has 0 amide bonds. The first-order valence-electron chi connectivity index (χ1n) is 6.17. The van der Waals surface area contributed by atoms with Crippen molar-refractivity contribution >= 4 is 24.8 Å². The molecule has 0 saturated heterocycles. The van der Waals surface area contributed by atoms with Crippen LogP contribution in [-0.2, 0) is 0 Å². The second-order valence-corrected chi connectivity index (χ2v) is 6.24. The molecular formula is C12H24Cl2N2. The van der Waals surface area contributed by atoms with E-state index in [-0.39, 0.29) is 24.8 Å². The summed E-state index contributed by atoms with van der Waals surface area (Å²) in [4.78, 5) is 0. The zero-order valence-electron chi connectivity index (χ0n) is 10.00. The Morgan fingerprint density at radius 3 is 2.12 bits per heavy atom. The first kappa shape index (κ1) is 14.6. The van der Waals surface area contributed by atoms with Crippen LogP contribution in [0.2, 0.25) is 0 Å². The minimum Gasteiger partial charge on any atom is -0.271 e. The van der Waals surface area contributed by atoms with Crippen LogP contribution < -0.4 is 11.3 Å². The van der Waals surface area contributed by atoms with Gasteiger partial charge >= 0.3 is 0 Å². The lowest BCUT2D eigenvalue weighted by Crippen LogP contribution is -2.63. The number of nitrogens with one attached hydrogen (secondary N) is 1. The molecule has 2 atom stereocenters. The van der Waals surface area contributed by atoms with Crippen LogP contribution in [0.4, 0.5) is 0 Å². The van der Waals surface area contributed by atoms with Crippen LogP contribution >= 0.6 is 24.8 Å². The van der Waals surface area contributed by atoms with Crippen molar-refractivity contribution in [2.24, 2.45) is 23.1 Å². The number of nitrogens with two attached hydrogens (primary N) is 1. The maximum atomic E-state index is 5.79. The summed E-state index contributed by atoms with van der Waals surface area (Å²) in [5.74, 6) is 7.75. The third-order valence-electron chi connectivity index (χ3n) is 5.24. The van der Waals surface area contributed by atoms with Crippen molar-refractivity contribution in [1.82, 2.24) is 5.43 Å². The summed E-state index contributed by atoms with van der Waals surface area (Å²) in [6.45, 7) is 2.37. The molecule has 2 unspecified atom stereocenters. The van der Waals surface area contributed by atoms with Crippen LogP contribution in [-0.4, -0.2) is 5.54 Å². The maximum Gasteiger partial charge on any atom is 0.0332 e. The molecule has 4 fully saturated rings. The Morgan fingerprint density at radius 1 is 1.12 bits per heavy atom. The first-order chi connectivity index (χ1) is 6.69. The van der Waals surface area contributed by atoms with Gasteiger partial charge in [-0.25, -0.2) is 0 Å². The van der Waals surface area contributed by atoms with Gasteiger partial charge in [0, 0.05) is 5.54 Å². The highest BCUT2D eigenvalue weighted by Crippen LogP contribution is 2.62. The van der Waals surface area contributed by atoms with Crippen LogP contribution in [0.15, 0.2) is 0 Å². The molecular weight excluding hydrogens is 243 g/mol. The van der Waals surface area contributed by atoms with Crippen molar-refractivity contribution in [3.63, 3.8) is 0 Å². The molecule has 4 bridgehead atoms. The lowest BCUT2D eigenvalue weighted by Gasteiger charge is -2.62. The smallest absolute Gasteiger partial charge is 0.0332 e. The number of hydrogen-bond donors (Lipinski definition) is 2. The second kappa shape index (κ2) is 4.64. The van der Waals surface area contributed by atoms with Crippen molar-refractivity contribution in [2.75, 3.05) is 0 Å². The Kier molecular flexibility index (Phi) is 4.22. The standard InChI is InChI=1S/C12H22N2.2ClH/c1-2-11-4-9-3-10(5-11)7-12(6-9,8-11)14-13;;/h9-10,14H,2-8,13H2,1H3;2*1H. The van der Waals surface area contributed by atoms with Crippen molar-refractivity contribution in [2.45, 2.75) is 57.4 Å². The summed E-state index contributed by atoms with van der Waals surface area (Å²) in [5, 5.41) is 0. The monoisotopic (exact) mass is 266 g/mol. The summed E-state index contributed by atoms with van der Waals surface area (Å²) < 4.78 is 0. The third kappa shape index (κ3) is 1.98. The van der Waals surface area contributed by atoms with E-state index < -0.39 is 0 Å². The average molecular weight is 267 g/mol. The molecule has 16 heavy (non-hydrogen) atoms. The van der Waals surface area contributed by atoms with E-state index in [4.69, 9.17) is 5.84 Å². The van der Waals surface area contributed by atoms with Gasteiger partial charge in [-0.15, -0.1) is 24.8 Å². The molecule has 0 spiro atoms. The molecule has 0 aliphatic heterocycles. The molecule has 4 rings (SSSR count). The summed E-state index contributed by atoms with van der Waals surface area (Å²) in [6.07, 6.45) is 9.88. The van der Waals surface area contributed by atoms with Gasteiger partial charge in [0.15, 0.2) is 0 Å². The number of hydrogen-bond acceptors (Lipinski definition) is 2. The summed E-state index contributed by atoms with van der Waals surface area (Å²) in [5.41, 5.74) is 4.17. The van der Waals surface area contributed by atoms with E-state index in [9.17, 15) is 0 Å². The predicted octanol–water partition coefficient (Wildman–Crippen LogP) is 3.04. The molecule has 0 aromatic carbocycles.